The molecule has 0 aromatic rings. The van der Waals surface area contributed by atoms with E-state index >= 15 is 0 Å². The van der Waals surface area contributed by atoms with Crippen LogP contribution in [0, 0.1) is 0 Å². The van der Waals surface area contributed by atoms with Crippen molar-refractivity contribution in [2.45, 2.75) is 116 Å². The second kappa shape index (κ2) is 11.6. The lowest BCUT2D eigenvalue weighted by Crippen LogP contribution is -2.09. The van der Waals surface area contributed by atoms with E-state index < -0.39 is 0 Å². The summed E-state index contributed by atoms with van der Waals surface area (Å²) in [7, 11) is 0. The van der Waals surface area contributed by atoms with Crippen LogP contribution < -0.4 is 0 Å². The number of epoxide rings is 1. The average molecular weight is 283 g/mol. The van der Waals surface area contributed by atoms with E-state index in [-0.39, 0.29) is 0 Å². The van der Waals surface area contributed by atoms with Gasteiger partial charge in [-0.2, -0.15) is 0 Å². The Balaban J connectivity index is 1.73. The van der Waals surface area contributed by atoms with Gasteiger partial charge in [0.25, 0.3) is 0 Å². The van der Waals surface area contributed by atoms with Crippen LogP contribution in [0.3, 0.4) is 0 Å². The van der Waals surface area contributed by atoms with Crippen LogP contribution in [0.15, 0.2) is 0 Å². The highest BCUT2D eigenvalue weighted by Gasteiger charge is 2.42. The fraction of sp³-hybridized carbons (Fsp3) is 1.00. The largest absolute Gasteiger partial charge is 0.370 e. The molecule has 0 radical (unpaired) electrons. The van der Waals surface area contributed by atoms with Gasteiger partial charge in [0.2, 0.25) is 0 Å². The van der Waals surface area contributed by atoms with Crippen LogP contribution in [0.1, 0.15) is 110 Å². The van der Waals surface area contributed by atoms with Crippen molar-refractivity contribution in [3.8, 4) is 0 Å². The van der Waals surface area contributed by atoms with Gasteiger partial charge in [-0.05, 0) is 12.8 Å². The van der Waals surface area contributed by atoms with Gasteiger partial charge in [0.05, 0.1) is 12.2 Å². The van der Waals surface area contributed by atoms with E-state index in [1.807, 2.05) is 0 Å². The van der Waals surface area contributed by atoms with E-state index in [2.05, 4.69) is 13.8 Å². The summed E-state index contributed by atoms with van der Waals surface area (Å²) in [6, 6.07) is 0. The molecule has 0 saturated carbocycles. The molecule has 120 valence electrons. The normalized spacial score (nSPS) is 21.3. The molecule has 0 bridgehead atoms. The van der Waals surface area contributed by atoms with Gasteiger partial charge in [0.1, 0.15) is 0 Å². The Bertz CT molecular complexity index is 208. The summed E-state index contributed by atoms with van der Waals surface area (Å²) in [5, 5.41) is 0. The lowest BCUT2D eigenvalue weighted by atomic mass is 9.96. The standard InChI is InChI=1S/C19H38O/c1-3-5-6-7-8-9-10-11-12-13-14-15-17-19(16-4-2)18-20-19/h3-18H2,1-2H3. The predicted molar refractivity (Wildman–Crippen MR) is 89.3 cm³/mol. The molecule has 0 aromatic carbocycles. The third-order valence-corrected chi connectivity index (χ3v) is 4.74. The Hall–Kier alpha value is -0.0400. The number of hydrogen-bond donors (Lipinski definition) is 0. The molecule has 0 aromatic heterocycles. The average Bonchev–Trinajstić information content (AvgIpc) is 3.20. The van der Waals surface area contributed by atoms with Gasteiger partial charge in [0.15, 0.2) is 0 Å². The molecule has 1 saturated heterocycles. The first kappa shape index (κ1) is 18.0. The highest BCUT2D eigenvalue weighted by molar-refractivity contribution is 4.91. The van der Waals surface area contributed by atoms with E-state index in [1.54, 1.807) is 0 Å². The Morgan fingerprint density at radius 2 is 1.05 bits per heavy atom. The van der Waals surface area contributed by atoms with Crippen molar-refractivity contribution in [1.82, 2.24) is 0 Å². The second-order valence-electron chi connectivity index (χ2n) is 6.86. The van der Waals surface area contributed by atoms with Crippen molar-refractivity contribution < 1.29 is 4.74 Å². The summed E-state index contributed by atoms with van der Waals surface area (Å²) in [5.74, 6) is 0. The maximum atomic E-state index is 5.64. The molecule has 1 fully saturated rings. The van der Waals surface area contributed by atoms with Gasteiger partial charge >= 0.3 is 0 Å². The second-order valence-corrected chi connectivity index (χ2v) is 6.86. The van der Waals surface area contributed by atoms with Gasteiger partial charge in [-0.25, -0.2) is 0 Å². The van der Waals surface area contributed by atoms with Crippen LogP contribution in [0.5, 0.6) is 0 Å². The molecule has 1 atom stereocenters. The van der Waals surface area contributed by atoms with Crippen molar-refractivity contribution in [3.63, 3.8) is 0 Å². The van der Waals surface area contributed by atoms with E-state index in [9.17, 15) is 0 Å². The maximum absolute atomic E-state index is 5.64. The molecule has 0 N–H and O–H groups in total. The molecule has 1 unspecified atom stereocenters. The van der Waals surface area contributed by atoms with Crippen LogP contribution in [-0.2, 0) is 4.74 Å². The van der Waals surface area contributed by atoms with Crippen molar-refractivity contribution >= 4 is 0 Å². The quantitative estimate of drug-likeness (QED) is 0.242. The Morgan fingerprint density at radius 3 is 1.45 bits per heavy atom. The third-order valence-electron chi connectivity index (χ3n) is 4.74. The molecular weight excluding hydrogens is 244 g/mol. The zero-order valence-electron chi connectivity index (χ0n) is 14.2. The molecule has 1 heteroatoms. The molecule has 1 aliphatic heterocycles. The minimum absolute atomic E-state index is 0.341. The lowest BCUT2D eigenvalue weighted by Gasteiger charge is -2.09. The van der Waals surface area contributed by atoms with Crippen LogP contribution >= 0.6 is 0 Å². The van der Waals surface area contributed by atoms with Crippen molar-refractivity contribution in [3.05, 3.63) is 0 Å². The third kappa shape index (κ3) is 9.00. The van der Waals surface area contributed by atoms with Crippen LogP contribution in [0.4, 0.5) is 0 Å². The highest BCUT2D eigenvalue weighted by atomic mass is 16.6. The predicted octanol–water partition coefficient (Wildman–Crippen LogP) is 6.65. The van der Waals surface area contributed by atoms with Gasteiger partial charge in [0, 0.05) is 0 Å². The van der Waals surface area contributed by atoms with E-state index in [4.69, 9.17) is 4.74 Å². The SMILES string of the molecule is CCCCCCCCCCCCCCC1(CCC)CO1. The zero-order chi connectivity index (χ0) is 14.5. The Morgan fingerprint density at radius 1 is 0.600 bits per heavy atom. The highest BCUT2D eigenvalue weighted by Crippen LogP contribution is 2.37. The van der Waals surface area contributed by atoms with Gasteiger partial charge < -0.3 is 4.74 Å². The van der Waals surface area contributed by atoms with Crippen molar-refractivity contribution in [2.24, 2.45) is 0 Å². The molecule has 20 heavy (non-hydrogen) atoms. The molecule has 0 amide bonds. The Labute approximate surface area is 127 Å². The summed E-state index contributed by atoms with van der Waals surface area (Å²) >= 11 is 0. The fourth-order valence-electron chi connectivity index (χ4n) is 3.26. The molecule has 1 heterocycles. The molecule has 1 aliphatic rings. The number of hydrogen-bond acceptors (Lipinski definition) is 1. The van der Waals surface area contributed by atoms with Crippen LogP contribution in [-0.4, -0.2) is 12.2 Å². The summed E-state index contributed by atoms with van der Waals surface area (Å²) < 4.78 is 5.64. The van der Waals surface area contributed by atoms with E-state index in [1.165, 1.54) is 96.3 Å². The van der Waals surface area contributed by atoms with E-state index in [0.717, 1.165) is 6.61 Å². The summed E-state index contributed by atoms with van der Waals surface area (Å²) in [6.07, 6.45) is 21.2. The lowest BCUT2D eigenvalue weighted by molar-refractivity contribution is 0.265. The van der Waals surface area contributed by atoms with Crippen LogP contribution in [0.25, 0.3) is 0 Å². The fourth-order valence-corrected chi connectivity index (χ4v) is 3.26. The smallest absolute Gasteiger partial charge is 0.0916 e. The first-order valence-corrected chi connectivity index (χ1v) is 9.47. The number of unbranched alkanes of at least 4 members (excludes halogenated alkanes) is 11. The van der Waals surface area contributed by atoms with Gasteiger partial charge in [-0.15, -0.1) is 0 Å². The zero-order valence-corrected chi connectivity index (χ0v) is 14.2. The summed E-state index contributed by atoms with van der Waals surface area (Å²) in [4.78, 5) is 0. The molecular formula is C19H38O. The summed E-state index contributed by atoms with van der Waals surface area (Å²) in [6.45, 7) is 5.60. The monoisotopic (exact) mass is 282 g/mol. The maximum Gasteiger partial charge on any atom is 0.0916 e. The summed E-state index contributed by atoms with van der Waals surface area (Å²) in [5.41, 5.74) is 0.341. The van der Waals surface area contributed by atoms with Crippen molar-refractivity contribution in [1.29, 1.82) is 0 Å². The van der Waals surface area contributed by atoms with Crippen LogP contribution in [0.2, 0.25) is 0 Å². The molecule has 1 nitrogen and oxygen atoms in total. The number of ether oxygens (including phenoxy) is 1. The molecule has 1 rings (SSSR count). The van der Waals surface area contributed by atoms with Crippen molar-refractivity contribution in [2.75, 3.05) is 6.61 Å². The molecule has 0 aliphatic carbocycles. The topological polar surface area (TPSA) is 12.5 Å². The minimum Gasteiger partial charge on any atom is -0.370 e. The number of rotatable bonds is 15. The first-order valence-electron chi connectivity index (χ1n) is 9.47. The molecule has 0 spiro atoms. The Kier molecular flexibility index (Phi) is 10.4. The first-order chi connectivity index (χ1) is 9.83. The minimum atomic E-state index is 0.341. The van der Waals surface area contributed by atoms with E-state index in [0.29, 0.717) is 5.60 Å². The van der Waals surface area contributed by atoms with Gasteiger partial charge in [-0.3, -0.25) is 0 Å². The van der Waals surface area contributed by atoms with Gasteiger partial charge in [-0.1, -0.05) is 97.3 Å².